The van der Waals surface area contributed by atoms with Crippen molar-refractivity contribution in [3.63, 3.8) is 0 Å². The molecule has 3 aromatic rings. The van der Waals surface area contributed by atoms with E-state index in [1.54, 1.807) is 23.1 Å². The number of thioether (sulfide) groups is 1. The van der Waals surface area contributed by atoms with Crippen molar-refractivity contribution in [2.24, 2.45) is 0 Å². The first-order chi connectivity index (χ1) is 9.78. The van der Waals surface area contributed by atoms with E-state index in [1.165, 1.54) is 4.70 Å². The maximum Gasteiger partial charge on any atom is 0.191 e. The molecule has 3 heterocycles. The fourth-order valence-electron chi connectivity index (χ4n) is 2.34. The summed E-state index contributed by atoms with van der Waals surface area (Å²) in [5.74, 6) is 0.891. The highest BCUT2D eigenvalue weighted by molar-refractivity contribution is 9.09. The van der Waals surface area contributed by atoms with Crippen molar-refractivity contribution >= 4 is 60.7 Å². The summed E-state index contributed by atoms with van der Waals surface area (Å²) in [5.41, 5.74) is 0. The number of hydrogen-bond acceptors (Lipinski definition) is 4. The molecule has 3 nitrogen and oxygen atoms in total. The monoisotopic (exact) mass is 385 g/mol. The van der Waals surface area contributed by atoms with Gasteiger partial charge in [-0.3, -0.25) is 0 Å². The molecule has 1 aliphatic heterocycles. The van der Waals surface area contributed by atoms with Crippen LogP contribution < -0.4 is 0 Å². The standard InChI is InChI=1S/C13H9BrClN3S2/c14-5-7-6-18-12(16-17-13(18)19-7)11-10(15)8-3-1-2-4-9(8)20-11/h1-4,7H,5-6H2/t7-/m1/s1. The summed E-state index contributed by atoms with van der Waals surface area (Å²) in [7, 11) is 0. The summed E-state index contributed by atoms with van der Waals surface area (Å²) >= 11 is 13.5. The Morgan fingerprint density at radius 1 is 1.35 bits per heavy atom. The van der Waals surface area contributed by atoms with Crippen LogP contribution in [-0.2, 0) is 6.54 Å². The van der Waals surface area contributed by atoms with Crippen LogP contribution in [-0.4, -0.2) is 25.3 Å². The van der Waals surface area contributed by atoms with Crippen molar-refractivity contribution in [1.29, 1.82) is 0 Å². The number of fused-ring (bicyclic) bond motifs is 2. The summed E-state index contributed by atoms with van der Waals surface area (Å²) in [6, 6.07) is 8.18. The highest BCUT2D eigenvalue weighted by Crippen LogP contribution is 2.43. The maximum atomic E-state index is 6.53. The number of thiophene rings is 1. The molecule has 102 valence electrons. The predicted molar refractivity (Wildman–Crippen MR) is 89.3 cm³/mol. The van der Waals surface area contributed by atoms with Crippen LogP contribution >= 0.6 is 50.6 Å². The molecular formula is C13H9BrClN3S2. The average Bonchev–Trinajstić information content (AvgIpc) is 3.12. The van der Waals surface area contributed by atoms with Crippen LogP contribution in [0, 0.1) is 0 Å². The van der Waals surface area contributed by atoms with Crippen molar-refractivity contribution in [2.45, 2.75) is 17.0 Å². The third-order valence-electron chi connectivity index (χ3n) is 3.29. The molecule has 0 amide bonds. The number of halogens is 2. The van der Waals surface area contributed by atoms with Gasteiger partial charge < -0.3 is 4.57 Å². The van der Waals surface area contributed by atoms with Gasteiger partial charge in [0.05, 0.1) is 9.90 Å². The van der Waals surface area contributed by atoms with E-state index in [9.17, 15) is 0 Å². The van der Waals surface area contributed by atoms with Crippen LogP contribution in [0.15, 0.2) is 29.4 Å². The second kappa shape index (κ2) is 5.02. The highest BCUT2D eigenvalue weighted by atomic mass is 79.9. The number of aromatic nitrogens is 3. The van der Waals surface area contributed by atoms with Crippen molar-refractivity contribution in [1.82, 2.24) is 14.8 Å². The molecule has 0 fully saturated rings. The largest absolute Gasteiger partial charge is 0.300 e. The molecule has 1 aliphatic rings. The lowest BCUT2D eigenvalue weighted by Crippen LogP contribution is -2.07. The molecule has 0 bridgehead atoms. The zero-order chi connectivity index (χ0) is 13.7. The first-order valence-electron chi connectivity index (χ1n) is 6.11. The summed E-state index contributed by atoms with van der Waals surface area (Å²) in [6.07, 6.45) is 0. The van der Waals surface area contributed by atoms with E-state index in [-0.39, 0.29) is 0 Å². The van der Waals surface area contributed by atoms with Crippen LogP contribution in [0.25, 0.3) is 20.8 Å². The molecule has 0 saturated carbocycles. The number of alkyl halides is 1. The van der Waals surface area contributed by atoms with E-state index in [0.29, 0.717) is 5.25 Å². The van der Waals surface area contributed by atoms with Gasteiger partial charge in [0.2, 0.25) is 0 Å². The fraction of sp³-hybridized carbons (Fsp3) is 0.231. The molecule has 0 N–H and O–H groups in total. The molecule has 4 rings (SSSR count). The molecule has 0 radical (unpaired) electrons. The quantitative estimate of drug-likeness (QED) is 0.599. The van der Waals surface area contributed by atoms with E-state index in [1.807, 2.05) is 12.1 Å². The third-order valence-corrected chi connectivity index (χ3v) is 7.33. The lowest BCUT2D eigenvalue weighted by atomic mass is 10.2. The molecule has 0 saturated heterocycles. The molecule has 0 spiro atoms. The Morgan fingerprint density at radius 2 is 2.20 bits per heavy atom. The van der Waals surface area contributed by atoms with Gasteiger partial charge in [0.15, 0.2) is 11.0 Å². The zero-order valence-corrected chi connectivity index (χ0v) is 14.2. The number of nitrogens with zero attached hydrogens (tertiary/aromatic N) is 3. The Hall–Kier alpha value is -0.560. The molecule has 2 aromatic heterocycles. The molecule has 20 heavy (non-hydrogen) atoms. The first-order valence-corrected chi connectivity index (χ1v) is 9.30. The van der Waals surface area contributed by atoms with Gasteiger partial charge in [0, 0.05) is 27.2 Å². The van der Waals surface area contributed by atoms with E-state index >= 15 is 0 Å². The highest BCUT2D eigenvalue weighted by Gasteiger charge is 2.28. The summed E-state index contributed by atoms with van der Waals surface area (Å²) in [4.78, 5) is 1.02. The normalized spacial score (nSPS) is 17.8. The van der Waals surface area contributed by atoms with Gasteiger partial charge >= 0.3 is 0 Å². The molecule has 7 heteroatoms. The van der Waals surface area contributed by atoms with Crippen molar-refractivity contribution in [2.75, 3.05) is 5.33 Å². The van der Waals surface area contributed by atoms with Crippen LogP contribution in [0.3, 0.4) is 0 Å². The van der Waals surface area contributed by atoms with Gasteiger partial charge in [0.25, 0.3) is 0 Å². The van der Waals surface area contributed by atoms with Gasteiger partial charge in [0.1, 0.15) is 0 Å². The van der Waals surface area contributed by atoms with E-state index in [2.05, 4.69) is 42.8 Å². The molecule has 0 aliphatic carbocycles. The van der Waals surface area contributed by atoms with Gasteiger partial charge in [-0.2, -0.15) is 0 Å². The average molecular weight is 387 g/mol. The third kappa shape index (κ3) is 1.93. The van der Waals surface area contributed by atoms with Gasteiger partial charge in [-0.1, -0.05) is 57.5 Å². The number of hydrogen-bond donors (Lipinski definition) is 0. The summed E-state index contributed by atoms with van der Waals surface area (Å²) < 4.78 is 3.36. The van der Waals surface area contributed by atoms with Crippen molar-refractivity contribution < 1.29 is 0 Å². The second-order valence-corrected chi connectivity index (χ2v) is 7.90. The molecule has 0 unspecified atom stereocenters. The summed E-state index contributed by atoms with van der Waals surface area (Å²) in [5, 5.41) is 13.0. The Labute approximate surface area is 137 Å². The lowest BCUT2D eigenvalue weighted by Gasteiger charge is -2.03. The Bertz CT molecular complexity index is 798. The van der Waals surface area contributed by atoms with Crippen LogP contribution in [0.4, 0.5) is 0 Å². The topological polar surface area (TPSA) is 30.7 Å². The maximum absolute atomic E-state index is 6.53. The van der Waals surface area contributed by atoms with Gasteiger partial charge in [-0.15, -0.1) is 21.5 Å². The summed E-state index contributed by atoms with van der Waals surface area (Å²) in [6.45, 7) is 0.929. The predicted octanol–water partition coefficient (Wildman–Crippen LogP) is 4.68. The SMILES string of the molecule is Clc1c(-c2nnc3n2C[C@@H](CBr)S3)sc2ccccc12. The minimum absolute atomic E-state index is 0.521. The van der Waals surface area contributed by atoms with Gasteiger partial charge in [-0.05, 0) is 6.07 Å². The van der Waals surface area contributed by atoms with E-state index in [0.717, 1.165) is 38.1 Å². The minimum atomic E-state index is 0.521. The van der Waals surface area contributed by atoms with Crippen LogP contribution in [0.5, 0.6) is 0 Å². The van der Waals surface area contributed by atoms with Crippen molar-refractivity contribution in [3.05, 3.63) is 29.3 Å². The van der Waals surface area contributed by atoms with Crippen LogP contribution in [0.1, 0.15) is 0 Å². The Kier molecular flexibility index (Phi) is 3.29. The number of rotatable bonds is 2. The van der Waals surface area contributed by atoms with Crippen LogP contribution in [0.2, 0.25) is 5.02 Å². The van der Waals surface area contributed by atoms with E-state index in [4.69, 9.17) is 11.6 Å². The minimum Gasteiger partial charge on any atom is -0.300 e. The molecule has 1 aromatic carbocycles. The second-order valence-electron chi connectivity index (χ2n) is 4.55. The fourth-order valence-corrected chi connectivity index (χ4v) is 5.41. The van der Waals surface area contributed by atoms with Crippen molar-refractivity contribution in [3.8, 4) is 10.7 Å². The lowest BCUT2D eigenvalue weighted by molar-refractivity contribution is 0.680. The smallest absolute Gasteiger partial charge is 0.191 e. The Morgan fingerprint density at radius 3 is 3.00 bits per heavy atom. The Balaban J connectivity index is 1.87. The van der Waals surface area contributed by atoms with Gasteiger partial charge in [-0.25, -0.2) is 0 Å². The molecule has 1 atom stereocenters. The zero-order valence-electron chi connectivity index (χ0n) is 10.2. The van der Waals surface area contributed by atoms with E-state index < -0.39 is 0 Å². The first kappa shape index (κ1) is 13.1. The molecular weight excluding hydrogens is 378 g/mol. The number of benzene rings is 1.